The Morgan fingerprint density at radius 3 is 2.68 bits per heavy atom. The van der Waals surface area contributed by atoms with Gasteiger partial charge in [-0.2, -0.15) is 0 Å². The molecule has 2 aromatic rings. The van der Waals surface area contributed by atoms with E-state index in [-0.39, 0.29) is 24.2 Å². The van der Waals surface area contributed by atoms with Crippen molar-refractivity contribution in [2.75, 3.05) is 19.8 Å². The fourth-order valence-electron chi connectivity index (χ4n) is 3.10. The maximum atomic E-state index is 12.6. The van der Waals surface area contributed by atoms with Gasteiger partial charge in [-0.1, -0.05) is 30.3 Å². The van der Waals surface area contributed by atoms with Gasteiger partial charge in [0.1, 0.15) is 11.5 Å². The number of Topliss-reactive ketones (excluding diaryl/α,β-unsaturated/α-hetero) is 1. The van der Waals surface area contributed by atoms with Gasteiger partial charge in [-0.05, 0) is 19.1 Å². The summed E-state index contributed by atoms with van der Waals surface area (Å²) in [5.41, 5.74) is 0.673. The van der Waals surface area contributed by atoms with Gasteiger partial charge in [0.05, 0.1) is 19.3 Å². The van der Waals surface area contributed by atoms with E-state index in [4.69, 9.17) is 9.15 Å². The summed E-state index contributed by atoms with van der Waals surface area (Å²) in [7, 11) is 0. The van der Waals surface area contributed by atoms with Crippen LogP contribution in [0, 0.1) is 6.92 Å². The van der Waals surface area contributed by atoms with Crippen LogP contribution in [0.4, 0.5) is 0 Å². The van der Waals surface area contributed by atoms with Crippen LogP contribution >= 0.6 is 0 Å². The standard InChI is InChI=1S/C20H23NO4/c1-15-7-8-18(25-15)9-10-20(23)21-11-12-24-14-17(21)13-19(22)16-5-3-2-4-6-16/h2-8,17H,9-14H2,1H3/t17-/m0/s1. The number of furan rings is 1. The Morgan fingerprint density at radius 1 is 1.16 bits per heavy atom. The van der Waals surface area contributed by atoms with Crippen LogP contribution in [-0.2, 0) is 16.0 Å². The molecule has 0 spiro atoms. The Bertz CT molecular complexity index is 722. The van der Waals surface area contributed by atoms with Crippen LogP contribution in [0.1, 0.15) is 34.7 Å². The van der Waals surface area contributed by atoms with Crippen LogP contribution < -0.4 is 0 Å². The van der Waals surface area contributed by atoms with Crippen molar-refractivity contribution in [1.29, 1.82) is 0 Å². The average Bonchev–Trinajstić information content (AvgIpc) is 3.06. The van der Waals surface area contributed by atoms with Crippen LogP contribution in [0.2, 0.25) is 0 Å². The molecule has 0 N–H and O–H groups in total. The van der Waals surface area contributed by atoms with Gasteiger partial charge in [0.15, 0.2) is 5.78 Å². The van der Waals surface area contributed by atoms with E-state index in [0.29, 0.717) is 38.2 Å². The van der Waals surface area contributed by atoms with Gasteiger partial charge in [0.2, 0.25) is 5.91 Å². The van der Waals surface area contributed by atoms with Gasteiger partial charge in [-0.15, -0.1) is 0 Å². The Kier molecular flexibility index (Phi) is 5.66. The summed E-state index contributed by atoms with van der Waals surface area (Å²) in [5, 5.41) is 0. The van der Waals surface area contributed by atoms with Crippen molar-refractivity contribution < 1.29 is 18.7 Å². The minimum Gasteiger partial charge on any atom is -0.466 e. The van der Waals surface area contributed by atoms with E-state index in [2.05, 4.69) is 0 Å². The van der Waals surface area contributed by atoms with Crippen molar-refractivity contribution in [3.63, 3.8) is 0 Å². The van der Waals surface area contributed by atoms with Crippen LogP contribution in [0.3, 0.4) is 0 Å². The summed E-state index contributed by atoms with van der Waals surface area (Å²) in [6, 6.07) is 12.8. The second-order valence-electron chi connectivity index (χ2n) is 6.32. The largest absolute Gasteiger partial charge is 0.466 e. The van der Waals surface area contributed by atoms with E-state index in [9.17, 15) is 9.59 Å². The number of morpholine rings is 1. The molecule has 1 atom stereocenters. The number of ether oxygens (including phenoxy) is 1. The van der Waals surface area contributed by atoms with Crippen LogP contribution in [0.15, 0.2) is 46.9 Å². The van der Waals surface area contributed by atoms with Gasteiger partial charge in [0, 0.05) is 31.4 Å². The number of carbonyl (C=O) groups excluding carboxylic acids is 2. The molecule has 1 aromatic carbocycles. The topological polar surface area (TPSA) is 59.8 Å². The monoisotopic (exact) mass is 341 g/mol. The zero-order valence-electron chi connectivity index (χ0n) is 14.4. The molecule has 1 fully saturated rings. The molecule has 0 unspecified atom stereocenters. The predicted molar refractivity (Wildman–Crippen MR) is 93.5 cm³/mol. The van der Waals surface area contributed by atoms with Crippen LogP contribution in [0.25, 0.3) is 0 Å². The highest BCUT2D eigenvalue weighted by molar-refractivity contribution is 5.96. The van der Waals surface area contributed by atoms with Crippen molar-refractivity contribution >= 4 is 11.7 Å². The molecule has 1 aromatic heterocycles. The van der Waals surface area contributed by atoms with E-state index in [1.54, 1.807) is 17.0 Å². The first-order valence-electron chi connectivity index (χ1n) is 8.64. The minimum atomic E-state index is -0.202. The number of nitrogens with zero attached hydrogens (tertiary/aromatic N) is 1. The molecule has 0 aliphatic carbocycles. The number of carbonyl (C=O) groups is 2. The third kappa shape index (κ3) is 4.57. The Morgan fingerprint density at radius 2 is 1.96 bits per heavy atom. The third-order valence-corrected chi connectivity index (χ3v) is 4.45. The molecule has 2 heterocycles. The van der Waals surface area contributed by atoms with Crippen LogP contribution in [-0.4, -0.2) is 42.4 Å². The minimum absolute atomic E-state index is 0.0376. The fraction of sp³-hybridized carbons (Fsp3) is 0.400. The second-order valence-corrected chi connectivity index (χ2v) is 6.32. The predicted octanol–water partition coefficient (Wildman–Crippen LogP) is 3.02. The lowest BCUT2D eigenvalue weighted by molar-refractivity contribution is -0.139. The van der Waals surface area contributed by atoms with Crippen molar-refractivity contribution in [2.45, 2.75) is 32.2 Å². The van der Waals surface area contributed by atoms with Gasteiger partial charge < -0.3 is 14.1 Å². The summed E-state index contributed by atoms with van der Waals surface area (Å²) in [4.78, 5) is 26.9. The van der Waals surface area contributed by atoms with E-state index in [1.807, 2.05) is 37.3 Å². The maximum absolute atomic E-state index is 12.6. The summed E-state index contributed by atoms with van der Waals surface area (Å²) in [6.45, 7) is 3.34. The van der Waals surface area contributed by atoms with E-state index in [0.717, 1.165) is 11.5 Å². The Labute approximate surface area is 147 Å². The number of amides is 1. The fourth-order valence-corrected chi connectivity index (χ4v) is 3.10. The van der Waals surface area contributed by atoms with E-state index < -0.39 is 0 Å². The highest BCUT2D eigenvalue weighted by atomic mass is 16.5. The van der Waals surface area contributed by atoms with E-state index >= 15 is 0 Å². The molecule has 5 heteroatoms. The highest BCUT2D eigenvalue weighted by Crippen LogP contribution is 2.17. The lowest BCUT2D eigenvalue weighted by atomic mass is 10.0. The van der Waals surface area contributed by atoms with Gasteiger partial charge in [-0.25, -0.2) is 0 Å². The van der Waals surface area contributed by atoms with Crippen molar-refractivity contribution in [2.24, 2.45) is 0 Å². The Balaban J connectivity index is 1.60. The lowest BCUT2D eigenvalue weighted by Gasteiger charge is -2.35. The second kappa shape index (κ2) is 8.12. The molecule has 0 saturated carbocycles. The summed E-state index contributed by atoms with van der Waals surface area (Å²) in [5.74, 6) is 1.75. The molecule has 25 heavy (non-hydrogen) atoms. The molecule has 132 valence electrons. The molecule has 1 amide bonds. The molecule has 1 aliphatic heterocycles. The normalized spacial score (nSPS) is 17.5. The molecule has 5 nitrogen and oxygen atoms in total. The quantitative estimate of drug-likeness (QED) is 0.758. The van der Waals surface area contributed by atoms with E-state index in [1.165, 1.54) is 0 Å². The SMILES string of the molecule is Cc1ccc(CCC(=O)N2CCOC[C@@H]2CC(=O)c2ccccc2)o1. The third-order valence-electron chi connectivity index (χ3n) is 4.45. The van der Waals surface area contributed by atoms with Crippen molar-refractivity contribution in [3.8, 4) is 0 Å². The summed E-state index contributed by atoms with van der Waals surface area (Å²) < 4.78 is 11.0. The molecule has 0 bridgehead atoms. The number of benzene rings is 1. The first-order chi connectivity index (χ1) is 12.1. The molecular formula is C20H23NO4. The number of hydrogen-bond donors (Lipinski definition) is 0. The molecule has 0 radical (unpaired) electrons. The van der Waals surface area contributed by atoms with Gasteiger partial charge >= 0.3 is 0 Å². The lowest BCUT2D eigenvalue weighted by Crippen LogP contribution is -2.49. The zero-order valence-corrected chi connectivity index (χ0v) is 14.4. The highest BCUT2D eigenvalue weighted by Gasteiger charge is 2.29. The van der Waals surface area contributed by atoms with Crippen molar-refractivity contribution in [3.05, 3.63) is 59.5 Å². The molecule has 1 saturated heterocycles. The smallest absolute Gasteiger partial charge is 0.223 e. The number of hydrogen-bond acceptors (Lipinski definition) is 4. The average molecular weight is 341 g/mol. The number of rotatable bonds is 6. The van der Waals surface area contributed by atoms with Gasteiger partial charge in [0.25, 0.3) is 0 Å². The first kappa shape index (κ1) is 17.4. The number of ketones is 1. The maximum Gasteiger partial charge on any atom is 0.223 e. The zero-order chi connectivity index (χ0) is 17.6. The van der Waals surface area contributed by atoms with Crippen LogP contribution in [0.5, 0.6) is 0 Å². The summed E-state index contributed by atoms with van der Waals surface area (Å²) >= 11 is 0. The van der Waals surface area contributed by atoms with Crippen molar-refractivity contribution in [1.82, 2.24) is 4.90 Å². The Hall–Kier alpha value is -2.40. The molecule has 1 aliphatic rings. The molecular weight excluding hydrogens is 318 g/mol. The number of aryl methyl sites for hydroxylation is 2. The van der Waals surface area contributed by atoms with Gasteiger partial charge in [-0.3, -0.25) is 9.59 Å². The summed E-state index contributed by atoms with van der Waals surface area (Å²) in [6.07, 6.45) is 1.24. The molecule has 3 rings (SSSR count). The first-order valence-corrected chi connectivity index (χ1v) is 8.64.